The Hall–Kier alpha value is -3.03. The van der Waals surface area contributed by atoms with Crippen LogP contribution in [-0.2, 0) is 17.4 Å². The third kappa shape index (κ3) is 4.97. The molecule has 0 bridgehead atoms. The molecule has 0 atom stereocenters. The van der Waals surface area contributed by atoms with Gasteiger partial charge in [-0.2, -0.15) is 13.2 Å². The van der Waals surface area contributed by atoms with Gasteiger partial charge in [0.1, 0.15) is 5.75 Å². The number of carbonyl (C=O) groups excluding carboxylic acids is 1. The monoisotopic (exact) mass is 353 g/mol. The number of aryl methyl sites for hydroxylation is 1. The third-order valence-corrected chi connectivity index (χ3v) is 3.40. The van der Waals surface area contributed by atoms with Crippen molar-refractivity contribution in [3.63, 3.8) is 0 Å². The average molecular weight is 353 g/mol. The van der Waals surface area contributed by atoms with E-state index in [2.05, 4.69) is 5.32 Å². The number of aromatic hydroxyl groups is 1. The zero-order chi connectivity index (χ0) is 18.6. The lowest BCUT2D eigenvalue weighted by Gasteiger charge is -2.10. The molecule has 5 nitrogen and oxygen atoms in total. The molecule has 0 spiro atoms. The SMILES string of the molecule is O=C(CCc1cccc(C(F)(F)F)c1)Nc1ccc(O)cc1C(=O)O. The third-order valence-electron chi connectivity index (χ3n) is 3.40. The Labute approximate surface area is 140 Å². The number of phenols is 1. The molecule has 132 valence electrons. The highest BCUT2D eigenvalue weighted by molar-refractivity contribution is 6.00. The quantitative estimate of drug-likeness (QED) is 0.716. The second-order valence-corrected chi connectivity index (χ2v) is 5.28. The number of phenolic OH excluding ortho intramolecular Hbond substituents is 1. The molecule has 0 heterocycles. The van der Waals surface area contributed by atoms with Gasteiger partial charge in [0.2, 0.25) is 5.91 Å². The fraction of sp³-hybridized carbons (Fsp3) is 0.176. The van der Waals surface area contributed by atoms with Crippen LogP contribution in [0.5, 0.6) is 5.75 Å². The van der Waals surface area contributed by atoms with Gasteiger partial charge in [-0.25, -0.2) is 4.79 Å². The lowest BCUT2D eigenvalue weighted by molar-refractivity contribution is -0.137. The number of amides is 1. The second-order valence-electron chi connectivity index (χ2n) is 5.28. The number of rotatable bonds is 5. The molecule has 0 aromatic heterocycles. The van der Waals surface area contributed by atoms with Crippen molar-refractivity contribution in [1.82, 2.24) is 0 Å². The first-order valence-corrected chi connectivity index (χ1v) is 7.19. The molecule has 2 rings (SSSR count). The van der Waals surface area contributed by atoms with Crippen LogP contribution in [0.1, 0.15) is 27.9 Å². The molecule has 3 N–H and O–H groups in total. The van der Waals surface area contributed by atoms with Gasteiger partial charge in [0, 0.05) is 6.42 Å². The molecule has 1 amide bonds. The molecular formula is C17H14F3NO4. The minimum atomic E-state index is -4.46. The zero-order valence-electron chi connectivity index (χ0n) is 12.8. The van der Waals surface area contributed by atoms with E-state index in [1.807, 2.05) is 0 Å². The maximum Gasteiger partial charge on any atom is 0.416 e. The summed E-state index contributed by atoms with van der Waals surface area (Å²) < 4.78 is 38.0. The van der Waals surface area contributed by atoms with Crippen molar-refractivity contribution in [3.05, 3.63) is 59.2 Å². The van der Waals surface area contributed by atoms with Crippen molar-refractivity contribution in [2.75, 3.05) is 5.32 Å². The summed E-state index contributed by atoms with van der Waals surface area (Å²) in [6.45, 7) is 0. The fourth-order valence-electron chi connectivity index (χ4n) is 2.19. The van der Waals surface area contributed by atoms with Crippen molar-refractivity contribution >= 4 is 17.6 Å². The Morgan fingerprint density at radius 3 is 2.44 bits per heavy atom. The van der Waals surface area contributed by atoms with Crippen molar-refractivity contribution in [2.24, 2.45) is 0 Å². The van der Waals surface area contributed by atoms with Crippen LogP contribution in [0.15, 0.2) is 42.5 Å². The van der Waals surface area contributed by atoms with Crippen LogP contribution in [0.4, 0.5) is 18.9 Å². The molecule has 0 saturated heterocycles. The van der Waals surface area contributed by atoms with Crippen molar-refractivity contribution in [1.29, 1.82) is 0 Å². The predicted octanol–water partition coefficient (Wildman–Crippen LogP) is 3.68. The lowest BCUT2D eigenvalue weighted by Crippen LogP contribution is -2.15. The number of carboxylic acid groups (broad SMARTS) is 1. The zero-order valence-corrected chi connectivity index (χ0v) is 12.8. The number of nitrogens with one attached hydrogen (secondary N) is 1. The van der Waals surface area contributed by atoms with Crippen LogP contribution in [0, 0.1) is 0 Å². The summed E-state index contributed by atoms with van der Waals surface area (Å²) in [7, 11) is 0. The number of alkyl halides is 3. The highest BCUT2D eigenvalue weighted by Crippen LogP contribution is 2.29. The van der Waals surface area contributed by atoms with Crippen LogP contribution >= 0.6 is 0 Å². The molecule has 25 heavy (non-hydrogen) atoms. The van der Waals surface area contributed by atoms with Crippen molar-refractivity contribution < 1.29 is 33.0 Å². The number of carboxylic acids is 1. The van der Waals surface area contributed by atoms with E-state index in [0.29, 0.717) is 5.56 Å². The summed E-state index contributed by atoms with van der Waals surface area (Å²) in [5.74, 6) is -2.14. The van der Waals surface area contributed by atoms with Gasteiger partial charge < -0.3 is 15.5 Å². The topological polar surface area (TPSA) is 86.6 Å². The van der Waals surface area contributed by atoms with Gasteiger partial charge in [0.05, 0.1) is 16.8 Å². The Balaban J connectivity index is 2.04. The van der Waals surface area contributed by atoms with Crippen molar-refractivity contribution in [2.45, 2.75) is 19.0 Å². The molecule has 0 aliphatic rings. The first-order chi connectivity index (χ1) is 11.7. The number of anilines is 1. The van der Waals surface area contributed by atoms with Crippen LogP contribution < -0.4 is 5.32 Å². The maximum atomic E-state index is 12.7. The van der Waals surface area contributed by atoms with Crippen molar-refractivity contribution in [3.8, 4) is 5.75 Å². The van der Waals surface area contributed by atoms with Crippen LogP contribution in [0.25, 0.3) is 0 Å². The average Bonchev–Trinajstić information content (AvgIpc) is 2.54. The number of halogens is 3. The van der Waals surface area contributed by atoms with Crippen LogP contribution in [0.2, 0.25) is 0 Å². The molecule has 0 radical (unpaired) electrons. The summed E-state index contributed by atoms with van der Waals surface area (Å²) in [6.07, 6.45) is -4.52. The molecular weight excluding hydrogens is 339 g/mol. The normalized spacial score (nSPS) is 11.2. The van der Waals surface area contributed by atoms with E-state index in [4.69, 9.17) is 5.11 Å². The summed E-state index contributed by atoms with van der Waals surface area (Å²) in [6, 6.07) is 8.10. The first-order valence-electron chi connectivity index (χ1n) is 7.19. The molecule has 0 fully saturated rings. The van der Waals surface area contributed by atoms with Crippen LogP contribution in [0.3, 0.4) is 0 Å². The van der Waals surface area contributed by atoms with Gasteiger partial charge in [-0.15, -0.1) is 0 Å². The number of benzene rings is 2. The molecule has 0 aliphatic heterocycles. The van der Waals surface area contributed by atoms with E-state index in [9.17, 15) is 27.9 Å². The smallest absolute Gasteiger partial charge is 0.416 e. The fourth-order valence-corrected chi connectivity index (χ4v) is 2.19. The van der Waals surface area contributed by atoms with Gasteiger partial charge in [-0.3, -0.25) is 4.79 Å². The predicted molar refractivity (Wildman–Crippen MR) is 83.5 cm³/mol. The number of hydrogen-bond acceptors (Lipinski definition) is 3. The molecule has 2 aromatic carbocycles. The summed E-state index contributed by atoms with van der Waals surface area (Å²) >= 11 is 0. The maximum absolute atomic E-state index is 12.7. The summed E-state index contributed by atoms with van der Waals surface area (Å²) in [5, 5.41) is 20.7. The van der Waals surface area contributed by atoms with Gasteiger partial charge in [-0.1, -0.05) is 18.2 Å². The molecule has 0 unspecified atom stereocenters. The number of carbonyl (C=O) groups is 2. The van der Waals surface area contributed by atoms with E-state index in [-0.39, 0.29) is 29.8 Å². The Morgan fingerprint density at radius 2 is 1.80 bits per heavy atom. The highest BCUT2D eigenvalue weighted by Gasteiger charge is 2.30. The van der Waals surface area contributed by atoms with Gasteiger partial charge >= 0.3 is 12.1 Å². The Kier molecular flexibility index (Phi) is 5.31. The van der Waals surface area contributed by atoms with Gasteiger partial charge in [0.15, 0.2) is 0 Å². The molecule has 0 aliphatic carbocycles. The van der Waals surface area contributed by atoms with E-state index in [1.165, 1.54) is 24.3 Å². The van der Waals surface area contributed by atoms with Gasteiger partial charge in [-0.05, 0) is 36.2 Å². The number of hydrogen-bond donors (Lipinski definition) is 3. The van der Waals surface area contributed by atoms with E-state index < -0.39 is 23.6 Å². The largest absolute Gasteiger partial charge is 0.508 e. The van der Waals surface area contributed by atoms with Gasteiger partial charge in [0.25, 0.3) is 0 Å². The van der Waals surface area contributed by atoms with E-state index in [0.717, 1.165) is 18.2 Å². The lowest BCUT2D eigenvalue weighted by atomic mass is 10.1. The van der Waals surface area contributed by atoms with Crippen LogP contribution in [-0.4, -0.2) is 22.1 Å². The molecule has 8 heteroatoms. The number of aromatic carboxylic acids is 1. The summed E-state index contributed by atoms with van der Waals surface area (Å²) in [5.41, 5.74) is -0.738. The minimum Gasteiger partial charge on any atom is -0.508 e. The second kappa shape index (κ2) is 7.25. The minimum absolute atomic E-state index is 0.000609. The highest BCUT2D eigenvalue weighted by atomic mass is 19.4. The Morgan fingerprint density at radius 1 is 1.08 bits per heavy atom. The van der Waals surface area contributed by atoms with E-state index >= 15 is 0 Å². The molecule has 2 aromatic rings. The first kappa shape index (κ1) is 18.3. The molecule has 0 saturated carbocycles. The summed E-state index contributed by atoms with van der Waals surface area (Å²) in [4.78, 5) is 23.0. The standard InChI is InChI=1S/C17H14F3NO4/c18-17(19,20)11-3-1-2-10(8-11)4-7-15(23)21-14-6-5-12(22)9-13(14)16(24)25/h1-3,5-6,8-9,22H,4,7H2,(H,21,23)(H,24,25). The van der Waals surface area contributed by atoms with E-state index in [1.54, 1.807) is 0 Å². The Bertz CT molecular complexity index is 803.